The van der Waals surface area contributed by atoms with E-state index in [-0.39, 0.29) is 0 Å². The van der Waals surface area contributed by atoms with Crippen LogP contribution in [-0.4, -0.2) is 19.1 Å². The average molecular weight is 337 g/mol. The van der Waals surface area contributed by atoms with Crippen LogP contribution in [0.3, 0.4) is 0 Å². The van der Waals surface area contributed by atoms with Gasteiger partial charge in [0.25, 0.3) is 0 Å². The third-order valence-corrected chi connectivity index (χ3v) is 4.85. The third kappa shape index (κ3) is 2.15. The lowest BCUT2D eigenvalue weighted by Gasteiger charge is -2.13. The lowest BCUT2D eigenvalue weighted by Crippen LogP contribution is -1.95. The highest BCUT2D eigenvalue weighted by Crippen LogP contribution is 2.28. The molecule has 0 saturated heterocycles. The lowest BCUT2D eigenvalue weighted by molar-refractivity contribution is 0.953. The second-order valence-corrected chi connectivity index (χ2v) is 6.44. The van der Waals surface area contributed by atoms with Gasteiger partial charge in [-0.1, -0.05) is 35.4 Å². The molecule has 126 valence electrons. The molecule has 4 nitrogen and oxygen atoms in total. The van der Waals surface area contributed by atoms with Crippen LogP contribution in [0.15, 0.2) is 66.7 Å². The molecule has 0 aliphatic carbocycles. The first-order valence-electron chi connectivity index (χ1n) is 8.58. The predicted molar refractivity (Wildman–Crippen MR) is 105 cm³/mol. The summed E-state index contributed by atoms with van der Waals surface area (Å²) in [5.74, 6) is 1.82. The molecule has 0 bridgehead atoms. The zero-order valence-electron chi connectivity index (χ0n) is 14.6. The molecule has 0 radical (unpaired) electrons. The van der Waals surface area contributed by atoms with Crippen LogP contribution in [-0.2, 0) is 14.1 Å². The molecule has 5 aromatic rings. The van der Waals surface area contributed by atoms with Crippen molar-refractivity contribution in [1.29, 1.82) is 0 Å². The van der Waals surface area contributed by atoms with Gasteiger partial charge in [0.05, 0.1) is 33.7 Å². The lowest BCUT2D eigenvalue weighted by atomic mass is 10.1. The van der Waals surface area contributed by atoms with Gasteiger partial charge in [0.1, 0.15) is 0 Å². The monoisotopic (exact) mass is 337 g/mol. The Labute approximate surface area is 151 Å². The maximum absolute atomic E-state index is 4.79. The normalized spacial score (nSPS) is 11.5. The topological polar surface area (TPSA) is 35.6 Å². The maximum Gasteiger partial charge on any atom is 0.0794 e. The van der Waals surface area contributed by atoms with Crippen LogP contribution in [0.4, 0.5) is 0 Å². The van der Waals surface area contributed by atoms with Gasteiger partial charge in [0.2, 0.25) is 0 Å². The Balaban J connectivity index is 1.69. The number of hydrogen-bond acceptors (Lipinski definition) is 2. The first kappa shape index (κ1) is 14.9. The van der Waals surface area contributed by atoms with Crippen molar-refractivity contribution in [2.24, 2.45) is 14.1 Å². The Hall–Kier alpha value is -3.40. The quantitative estimate of drug-likeness (QED) is 0.442. The molecule has 3 aromatic carbocycles. The fourth-order valence-corrected chi connectivity index (χ4v) is 3.50. The molecule has 0 unspecified atom stereocenters. The van der Waals surface area contributed by atoms with E-state index < -0.39 is 0 Å². The SMILES string of the molecule is Cn1c(-c2[c-]c(-c3nc4ccccc4n3C)ccc2)nc2ccccc21. The van der Waals surface area contributed by atoms with Gasteiger partial charge in [0, 0.05) is 14.1 Å². The highest BCUT2D eigenvalue weighted by Gasteiger charge is 2.08. The molecule has 0 atom stereocenters. The molecule has 0 spiro atoms. The van der Waals surface area contributed by atoms with Crippen molar-refractivity contribution >= 4 is 22.1 Å². The Morgan fingerprint density at radius 2 is 1.08 bits per heavy atom. The van der Waals surface area contributed by atoms with Gasteiger partial charge < -0.3 is 9.13 Å². The molecule has 5 rings (SSSR count). The van der Waals surface area contributed by atoms with Gasteiger partial charge in [-0.05, 0) is 24.3 Å². The first-order valence-corrected chi connectivity index (χ1v) is 8.58. The van der Waals surface area contributed by atoms with Gasteiger partial charge in [-0.2, -0.15) is 0 Å². The smallest absolute Gasteiger partial charge is 0.0794 e. The molecule has 0 fully saturated rings. The van der Waals surface area contributed by atoms with Gasteiger partial charge in [-0.25, -0.2) is 0 Å². The molecule has 0 saturated carbocycles. The molecule has 0 aliphatic heterocycles. The van der Waals surface area contributed by atoms with Gasteiger partial charge in [0.15, 0.2) is 0 Å². The highest BCUT2D eigenvalue weighted by atomic mass is 15.1. The van der Waals surface area contributed by atoms with Crippen molar-refractivity contribution in [3.05, 3.63) is 72.8 Å². The number of hydrogen-bond donors (Lipinski definition) is 0. The van der Waals surface area contributed by atoms with E-state index in [4.69, 9.17) is 9.97 Å². The Morgan fingerprint density at radius 1 is 0.615 bits per heavy atom. The maximum atomic E-state index is 4.79. The molecule has 26 heavy (non-hydrogen) atoms. The minimum absolute atomic E-state index is 0.909. The van der Waals surface area contributed by atoms with Gasteiger partial charge >= 0.3 is 0 Å². The second-order valence-electron chi connectivity index (χ2n) is 6.44. The van der Waals surface area contributed by atoms with Gasteiger partial charge in [-0.15, -0.1) is 24.3 Å². The van der Waals surface area contributed by atoms with E-state index in [1.807, 2.05) is 68.7 Å². The Kier molecular flexibility index (Phi) is 3.19. The van der Waals surface area contributed by atoms with E-state index in [1.54, 1.807) is 0 Å². The summed E-state index contributed by atoms with van der Waals surface area (Å²) in [6, 6.07) is 26.0. The fraction of sp³-hybridized carbons (Fsp3) is 0.0909. The van der Waals surface area contributed by atoms with Crippen LogP contribution in [0.2, 0.25) is 0 Å². The Morgan fingerprint density at radius 3 is 1.54 bits per heavy atom. The number of para-hydroxylation sites is 4. The van der Waals surface area contributed by atoms with Crippen LogP contribution >= 0.6 is 0 Å². The second kappa shape index (κ2) is 5.56. The molecule has 2 aromatic heterocycles. The zero-order valence-corrected chi connectivity index (χ0v) is 14.6. The minimum Gasteiger partial charge on any atom is -0.359 e. The molecule has 0 aliphatic rings. The molecule has 2 heterocycles. The van der Waals surface area contributed by atoms with E-state index in [1.165, 1.54) is 0 Å². The minimum atomic E-state index is 0.909. The fourth-order valence-electron chi connectivity index (χ4n) is 3.50. The van der Waals surface area contributed by atoms with E-state index in [9.17, 15) is 0 Å². The van der Waals surface area contributed by atoms with Crippen LogP contribution < -0.4 is 0 Å². The predicted octanol–water partition coefficient (Wildman–Crippen LogP) is 4.59. The highest BCUT2D eigenvalue weighted by molar-refractivity contribution is 5.83. The van der Waals surface area contributed by atoms with Crippen molar-refractivity contribution in [1.82, 2.24) is 19.1 Å². The number of aromatic nitrogens is 4. The van der Waals surface area contributed by atoms with Crippen LogP contribution in [0.5, 0.6) is 0 Å². The van der Waals surface area contributed by atoms with E-state index in [2.05, 4.69) is 27.3 Å². The van der Waals surface area contributed by atoms with Crippen molar-refractivity contribution in [2.45, 2.75) is 0 Å². The molecule has 4 heteroatoms. The van der Waals surface area contributed by atoms with Crippen molar-refractivity contribution < 1.29 is 0 Å². The summed E-state index contributed by atoms with van der Waals surface area (Å²) >= 11 is 0. The van der Waals surface area contributed by atoms with E-state index >= 15 is 0 Å². The number of benzene rings is 3. The number of aryl methyl sites for hydroxylation is 2. The number of imidazole rings is 2. The number of nitrogens with zero attached hydrogens (tertiary/aromatic N) is 4. The standard InChI is InChI=1S/C22H17N4/c1-25-19-12-5-3-10-17(19)23-21(25)15-8-7-9-16(14-15)22-24-18-11-4-6-13-20(18)26(22)2/h3-13H,1-2H3/q-1. The summed E-state index contributed by atoms with van der Waals surface area (Å²) in [7, 11) is 4.08. The van der Waals surface area contributed by atoms with Crippen LogP contribution in [0.1, 0.15) is 0 Å². The van der Waals surface area contributed by atoms with Crippen molar-refractivity contribution in [3.8, 4) is 22.8 Å². The van der Waals surface area contributed by atoms with Crippen LogP contribution in [0, 0.1) is 6.07 Å². The number of fused-ring (bicyclic) bond motifs is 2. The summed E-state index contributed by atoms with van der Waals surface area (Å²) < 4.78 is 4.22. The Bertz CT molecular complexity index is 1160. The van der Waals surface area contributed by atoms with E-state index in [0.717, 1.165) is 44.8 Å². The molecule has 0 N–H and O–H groups in total. The van der Waals surface area contributed by atoms with Crippen molar-refractivity contribution in [3.63, 3.8) is 0 Å². The zero-order chi connectivity index (χ0) is 17.7. The molecular formula is C22H17N4-. The third-order valence-electron chi connectivity index (χ3n) is 4.85. The summed E-state index contributed by atoms with van der Waals surface area (Å²) in [4.78, 5) is 9.57. The van der Waals surface area contributed by atoms with Crippen molar-refractivity contribution in [2.75, 3.05) is 0 Å². The van der Waals surface area contributed by atoms with E-state index in [0.29, 0.717) is 0 Å². The number of rotatable bonds is 2. The van der Waals surface area contributed by atoms with Crippen LogP contribution in [0.25, 0.3) is 44.8 Å². The average Bonchev–Trinajstić information content (AvgIpc) is 3.20. The molecule has 0 amide bonds. The summed E-state index contributed by atoms with van der Waals surface area (Å²) in [5, 5.41) is 0. The first-order chi connectivity index (χ1) is 12.7. The van der Waals surface area contributed by atoms with Gasteiger partial charge in [-0.3, -0.25) is 9.97 Å². The summed E-state index contributed by atoms with van der Waals surface area (Å²) in [5.41, 5.74) is 6.15. The summed E-state index contributed by atoms with van der Waals surface area (Å²) in [6.07, 6.45) is 0. The molecular weight excluding hydrogens is 320 g/mol. The largest absolute Gasteiger partial charge is 0.359 e. The summed E-state index contributed by atoms with van der Waals surface area (Å²) in [6.45, 7) is 0.